The van der Waals surface area contributed by atoms with Gasteiger partial charge in [-0.15, -0.1) is 0 Å². The van der Waals surface area contributed by atoms with E-state index in [1.165, 1.54) is 12.8 Å². The van der Waals surface area contributed by atoms with E-state index in [4.69, 9.17) is 4.74 Å². The number of epoxide rings is 1. The molecule has 0 bridgehead atoms. The maximum absolute atomic E-state index is 13.4. The summed E-state index contributed by atoms with van der Waals surface area (Å²) in [6.45, 7) is 4.89. The molecule has 1 N–H and O–H groups in total. The Kier molecular flexibility index (Phi) is 4.89. The third kappa shape index (κ3) is 2.94. The molecular weight excluding hydrogens is 464 g/mol. The van der Waals surface area contributed by atoms with E-state index >= 15 is 0 Å². The molecule has 0 radical (unpaired) electrons. The van der Waals surface area contributed by atoms with Gasteiger partial charge in [0.25, 0.3) is 0 Å². The highest BCUT2D eigenvalue weighted by Gasteiger charge is 2.76. The number of aliphatic hydroxyl groups is 1. The fourth-order valence-corrected chi connectivity index (χ4v) is 9.26. The molecule has 1 aromatic rings. The Balaban J connectivity index is 1.22. The van der Waals surface area contributed by atoms with Crippen LogP contribution in [0.1, 0.15) is 70.8 Å². The predicted octanol–water partition coefficient (Wildman–Crippen LogP) is 6.18. The summed E-state index contributed by atoms with van der Waals surface area (Å²) in [6, 6.07) is 8.13. The second kappa shape index (κ2) is 7.26. The Morgan fingerprint density at radius 2 is 1.88 bits per heavy atom. The van der Waals surface area contributed by atoms with Crippen LogP contribution in [-0.2, 0) is 9.53 Å². The zero-order valence-corrected chi connectivity index (χ0v) is 20.8. The standard InChI is InChI=1S/C28H35BrO3/c1-26-13-12-22-20(15-25-28(32-25)16-19(30)11-14-27(22,28)2)21(26)8-9-23(26)24(31)10-5-17-3-6-18(29)7-4-17/h3-7,10,19-23,25,30H,8-9,11-16H2,1-2H3/b10-5+/t19-,20-,21-,22-,23+,25-,26-,27+,28-/m0/s1. The molecule has 4 aliphatic carbocycles. The van der Waals surface area contributed by atoms with Gasteiger partial charge in [0.1, 0.15) is 5.60 Å². The molecule has 1 aromatic carbocycles. The summed E-state index contributed by atoms with van der Waals surface area (Å²) in [5.74, 6) is 2.44. The monoisotopic (exact) mass is 498 g/mol. The molecule has 1 spiro atoms. The largest absolute Gasteiger partial charge is 0.393 e. The van der Waals surface area contributed by atoms with E-state index in [0.717, 1.165) is 48.6 Å². The number of allylic oxidation sites excluding steroid dienone is 1. The SMILES string of the molecule is C[C@]12CC[C@H]3[C@@H](C[C@@H]4O[C@@]45C[C@@H](O)CC[C@]35C)[C@@H]1CC[C@@H]2C(=O)/C=C/c1ccc(Br)cc1. The number of rotatable bonds is 3. The number of fused-ring (bicyclic) bond motifs is 4. The van der Waals surface area contributed by atoms with E-state index in [2.05, 4.69) is 29.8 Å². The van der Waals surface area contributed by atoms with E-state index < -0.39 is 0 Å². The molecule has 6 rings (SSSR count). The predicted molar refractivity (Wildman–Crippen MR) is 129 cm³/mol. The quantitative estimate of drug-likeness (QED) is 0.399. The van der Waals surface area contributed by atoms with Crippen molar-refractivity contribution in [1.82, 2.24) is 0 Å². The van der Waals surface area contributed by atoms with E-state index in [-0.39, 0.29) is 28.5 Å². The maximum Gasteiger partial charge on any atom is 0.159 e. The van der Waals surface area contributed by atoms with E-state index in [1.54, 1.807) is 0 Å². The minimum absolute atomic E-state index is 0.0547. The Bertz CT molecular complexity index is 956. The first-order chi connectivity index (χ1) is 15.3. The molecule has 0 aromatic heterocycles. The second-order valence-electron chi connectivity index (χ2n) is 11.9. The normalized spacial score (nSPS) is 49.1. The Morgan fingerprint density at radius 1 is 1.09 bits per heavy atom. The van der Waals surface area contributed by atoms with Crippen LogP contribution in [0.2, 0.25) is 0 Å². The van der Waals surface area contributed by atoms with Crippen molar-refractivity contribution < 1.29 is 14.6 Å². The summed E-state index contributed by atoms with van der Waals surface area (Å²) in [5, 5.41) is 10.4. The average molecular weight is 499 g/mol. The molecule has 32 heavy (non-hydrogen) atoms. The van der Waals surface area contributed by atoms with Gasteiger partial charge in [-0.3, -0.25) is 4.79 Å². The van der Waals surface area contributed by atoms with Crippen LogP contribution >= 0.6 is 15.9 Å². The summed E-state index contributed by atoms with van der Waals surface area (Å²) in [6.07, 6.45) is 12.5. The van der Waals surface area contributed by atoms with Crippen molar-refractivity contribution in [1.29, 1.82) is 0 Å². The molecule has 172 valence electrons. The number of carbonyl (C=O) groups excluding carboxylic acids is 1. The Hall–Kier alpha value is -0.970. The highest BCUT2D eigenvalue weighted by Crippen LogP contribution is 2.73. The molecule has 5 fully saturated rings. The van der Waals surface area contributed by atoms with Gasteiger partial charge in [-0.1, -0.05) is 48.0 Å². The minimum atomic E-state index is -0.190. The summed E-state index contributed by atoms with van der Waals surface area (Å²) in [4.78, 5) is 13.4. The number of aliphatic hydroxyl groups excluding tert-OH is 1. The molecule has 4 saturated carbocycles. The molecule has 3 nitrogen and oxygen atoms in total. The first kappa shape index (κ1) is 21.6. The lowest BCUT2D eigenvalue weighted by Gasteiger charge is -2.59. The zero-order chi connectivity index (χ0) is 22.3. The van der Waals surface area contributed by atoms with Crippen LogP contribution < -0.4 is 0 Å². The van der Waals surface area contributed by atoms with Crippen molar-refractivity contribution in [3.8, 4) is 0 Å². The van der Waals surface area contributed by atoms with Crippen molar-refractivity contribution in [2.24, 2.45) is 34.5 Å². The number of ether oxygens (including phenoxy) is 1. The first-order valence-electron chi connectivity index (χ1n) is 12.6. The van der Waals surface area contributed by atoms with E-state index in [1.807, 2.05) is 36.4 Å². The lowest BCUT2D eigenvalue weighted by atomic mass is 9.44. The summed E-state index contributed by atoms with van der Waals surface area (Å²) in [5.41, 5.74) is 1.33. The number of hydrogen-bond acceptors (Lipinski definition) is 3. The summed E-state index contributed by atoms with van der Waals surface area (Å²) >= 11 is 3.47. The van der Waals surface area contributed by atoms with Gasteiger partial charge in [-0.2, -0.15) is 0 Å². The fraction of sp³-hybridized carbons (Fsp3) is 0.679. The average Bonchev–Trinajstić information content (AvgIpc) is 3.34. The Labute approximate surface area is 200 Å². The number of carbonyl (C=O) groups is 1. The molecule has 9 atom stereocenters. The Morgan fingerprint density at radius 3 is 2.66 bits per heavy atom. The highest BCUT2D eigenvalue weighted by atomic mass is 79.9. The van der Waals surface area contributed by atoms with Crippen LogP contribution in [-0.4, -0.2) is 28.7 Å². The highest BCUT2D eigenvalue weighted by molar-refractivity contribution is 9.10. The topological polar surface area (TPSA) is 49.8 Å². The zero-order valence-electron chi connectivity index (χ0n) is 19.2. The molecule has 1 saturated heterocycles. The van der Waals surface area contributed by atoms with Gasteiger partial charge in [0, 0.05) is 22.2 Å². The number of hydrogen-bond donors (Lipinski definition) is 1. The molecule has 0 amide bonds. The molecule has 0 unspecified atom stereocenters. The van der Waals surface area contributed by atoms with Crippen molar-refractivity contribution >= 4 is 27.8 Å². The number of halogens is 1. The van der Waals surface area contributed by atoms with Gasteiger partial charge in [-0.25, -0.2) is 0 Å². The first-order valence-corrected chi connectivity index (χ1v) is 13.4. The van der Waals surface area contributed by atoms with Crippen LogP contribution in [0.25, 0.3) is 6.08 Å². The molecule has 1 aliphatic heterocycles. The van der Waals surface area contributed by atoms with E-state index in [9.17, 15) is 9.90 Å². The molecular formula is C28H35BrO3. The van der Waals surface area contributed by atoms with Gasteiger partial charge < -0.3 is 9.84 Å². The summed E-state index contributed by atoms with van der Waals surface area (Å²) < 4.78 is 7.50. The number of benzene rings is 1. The smallest absolute Gasteiger partial charge is 0.159 e. The maximum atomic E-state index is 13.4. The van der Waals surface area contributed by atoms with Gasteiger partial charge in [-0.05, 0) is 91.9 Å². The fourth-order valence-electron chi connectivity index (χ4n) is 8.99. The van der Waals surface area contributed by atoms with E-state index in [0.29, 0.717) is 29.6 Å². The van der Waals surface area contributed by atoms with Crippen molar-refractivity contribution in [3.63, 3.8) is 0 Å². The van der Waals surface area contributed by atoms with Gasteiger partial charge >= 0.3 is 0 Å². The van der Waals surface area contributed by atoms with Crippen LogP contribution in [0, 0.1) is 34.5 Å². The summed E-state index contributed by atoms with van der Waals surface area (Å²) in [7, 11) is 0. The lowest BCUT2D eigenvalue weighted by molar-refractivity contribution is -0.131. The van der Waals surface area contributed by atoms with Crippen molar-refractivity contribution in [2.45, 2.75) is 83.0 Å². The van der Waals surface area contributed by atoms with Crippen molar-refractivity contribution in [3.05, 3.63) is 40.4 Å². The molecule has 5 aliphatic rings. The van der Waals surface area contributed by atoms with Gasteiger partial charge in [0.15, 0.2) is 5.78 Å². The van der Waals surface area contributed by atoms with Crippen molar-refractivity contribution in [2.75, 3.05) is 0 Å². The third-order valence-electron chi connectivity index (χ3n) is 10.7. The molecule has 1 heterocycles. The van der Waals surface area contributed by atoms with Crippen LogP contribution in [0.4, 0.5) is 0 Å². The lowest BCUT2D eigenvalue weighted by Crippen LogP contribution is -2.58. The second-order valence-corrected chi connectivity index (χ2v) is 12.8. The third-order valence-corrected chi connectivity index (χ3v) is 11.2. The van der Waals surface area contributed by atoms with Crippen LogP contribution in [0.15, 0.2) is 34.8 Å². The number of ketones is 1. The minimum Gasteiger partial charge on any atom is -0.393 e. The van der Waals surface area contributed by atoms with Crippen LogP contribution in [0.5, 0.6) is 0 Å². The van der Waals surface area contributed by atoms with Gasteiger partial charge in [0.2, 0.25) is 0 Å². The van der Waals surface area contributed by atoms with Gasteiger partial charge in [0.05, 0.1) is 12.2 Å². The van der Waals surface area contributed by atoms with Crippen LogP contribution in [0.3, 0.4) is 0 Å². The molecule has 4 heteroatoms.